The summed E-state index contributed by atoms with van der Waals surface area (Å²) in [7, 11) is 0. The molecule has 1 saturated heterocycles. The summed E-state index contributed by atoms with van der Waals surface area (Å²) in [5, 5.41) is 8.86. The molecule has 1 aromatic carbocycles. The number of halogens is 3. The van der Waals surface area contributed by atoms with E-state index in [9.17, 15) is 18.0 Å². The lowest BCUT2D eigenvalue weighted by atomic mass is 10.1. The number of carbonyl (C=O) groups is 1. The van der Waals surface area contributed by atoms with Gasteiger partial charge in [0.05, 0.1) is 23.4 Å². The van der Waals surface area contributed by atoms with E-state index in [1.807, 2.05) is 0 Å². The molecule has 0 aromatic heterocycles. The topological polar surface area (TPSA) is 53.3 Å². The monoisotopic (exact) mass is 256 g/mol. The summed E-state index contributed by atoms with van der Waals surface area (Å²) < 4.78 is 42.1. The first kappa shape index (κ1) is 12.2. The van der Waals surface area contributed by atoms with Gasteiger partial charge < -0.3 is 4.74 Å². The Bertz CT molecular complexity index is 534. The fraction of sp³-hybridized carbons (Fsp3) is 0.273. The van der Waals surface area contributed by atoms with Crippen LogP contribution in [0.4, 0.5) is 23.7 Å². The van der Waals surface area contributed by atoms with Crippen LogP contribution in [0.25, 0.3) is 0 Å². The van der Waals surface area contributed by atoms with Crippen molar-refractivity contribution >= 4 is 11.8 Å². The largest absolute Gasteiger partial charge is 0.447 e. The van der Waals surface area contributed by atoms with Crippen LogP contribution in [0, 0.1) is 11.3 Å². The Labute approximate surface area is 100 Å². The summed E-state index contributed by atoms with van der Waals surface area (Å²) in [6, 6.07) is 4.32. The molecule has 0 radical (unpaired) electrons. The highest BCUT2D eigenvalue weighted by molar-refractivity contribution is 5.91. The van der Waals surface area contributed by atoms with Crippen LogP contribution in [0.15, 0.2) is 18.2 Å². The van der Waals surface area contributed by atoms with E-state index in [1.54, 1.807) is 6.07 Å². The number of anilines is 1. The molecule has 0 N–H and O–H groups in total. The van der Waals surface area contributed by atoms with Crippen LogP contribution in [-0.2, 0) is 10.9 Å². The second-order valence-corrected chi connectivity index (χ2v) is 3.61. The van der Waals surface area contributed by atoms with E-state index in [0.29, 0.717) is 0 Å². The van der Waals surface area contributed by atoms with Crippen LogP contribution >= 0.6 is 0 Å². The molecule has 0 unspecified atom stereocenters. The smallest absolute Gasteiger partial charge is 0.416 e. The first-order valence-corrected chi connectivity index (χ1v) is 4.99. The van der Waals surface area contributed by atoms with Crippen molar-refractivity contribution in [1.29, 1.82) is 5.26 Å². The van der Waals surface area contributed by atoms with Crippen LogP contribution in [0.3, 0.4) is 0 Å². The molecule has 0 bridgehead atoms. The van der Waals surface area contributed by atoms with Gasteiger partial charge in [0.15, 0.2) is 0 Å². The van der Waals surface area contributed by atoms with E-state index in [4.69, 9.17) is 5.26 Å². The van der Waals surface area contributed by atoms with Gasteiger partial charge in [-0.2, -0.15) is 18.4 Å². The highest BCUT2D eigenvalue weighted by Crippen LogP contribution is 2.33. The highest BCUT2D eigenvalue weighted by Gasteiger charge is 2.33. The lowest BCUT2D eigenvalue weighted by Crippen LogP contribution is -2.24. The zero-order chi connectivity index (χ0) is 13.3. The SMILES string of the molecule is N#Cc1cc(C(F)(F)F)ccc1N1CCOC1=O. The van der Waals surface area contributed by atoms with Crippen molar-refractivity contribution in [1.82, 2.24) is 0 Å². The van der Waals surface area contributed by atoms with Crippen molar-refractivity contribution in [2.24, 2.45) is 0 Å². The van der Waals surface area contributed by atoms with E-state index in [2.05, 4.69) is 4.74 Å². The van der Waals surface area contributed by atoms with Crippen LogP contribution in [0.1, 0.15) is 11.1 Å². The minimum Gasteiger partial charge on any atom is -0.447 e. The van der Waals surface area contributed by atoms with E-state index in [1.165, 1.54) is 0 Å². The number of hydrogen-bond donors (Lipinski definition) is 0. The maximum atomic E-state index is 12.5. The summed E-state index contributed by atoms with van der Waals surface area (Å²) in [5.41, 5.74) is -0.993. The van der Waals surface area contributed by atoms with E-state index >= 15 is 0 Å². The second kappa shape index (κ2) is 4.22. The zero-order valence-corrected chi connectivity index (χ0v) is 8.99. The molecular weight excluding hydrogens is 249 g/mol. The third kappa shape index (κ3) is 2.09. The average molecular weight is 256 g/mol. The number of amides is 1. The molecule has 0 aliphatic carbocycles. The van der Waals surface area contributed by atoms with Crippen molar-refractivity contribution in [3.63, 3.8) is 0 Å². The molecular formula is C11H7F3N2O2. The zero-order valence-electron chi connectivity index (χ0n) is 8.99. The third-order valence-corrected chi connectivity index (χ3v) is 2.50. The van der Waals surface area contributed by atoms with Crippen molar-refractivity contribution in [3.05, 3.63) is 29.3 Å². The number of cyclic esters (lactones) is 1. The minimum absolute atomic E-state index is 0.132. The first-order chi connectivity index (χ1) is 8.43. The molecule has 0 spiro atoms. The number of hydrogen-bond acceptors (Lipinski definition) is 3. The summed E-state index contributed by atoms with van der Waals surface area (Å²) in [6.45, 7) is 0.379. The summed E-state index contributed by atoms with van der Waals surface area (Å²) in [6.07, 6.45) is -5.18. The quantitative estimate of drug-likeness (QED) is 0.775. The summed E-state index contributed by atoms with van der Waals surface area (Å²) >= 11 is 0. The number of nitriles is 1. The van der Waals surface area contributed by atoms with Gasteiger partial charge in [0.1, 0.15) is 12.7 Å². The first-order valence-electron chi connectivity index (χ1n) is 4.99. The predicted octanol–water partition coefficient (Wildman–Crippen LogP) is 2.53. The number of carbonyl (C=O) groups excluding carboxylic acids is 1. The molecule has 0 saturated carbocycles. The molecule has 7 heteroatoms. The Balaban J connectivity index is 2.45. The van der Waals surface area contributed by atoms with E-state index in [0.717, 1.165) is 23.1 Å². The molecule has 1 aromatic rings. The van der Waals surface area contributed by atoms with Gasteiger partial charge in [0.25, 0.3) is 0 Å². The lowest BCUT2D eigenvalue weighted by molar-refractivity contribution is -0.137. The fourth-order valence-corrected chi connectivity index (χ4v) is 1.65. The number of nitrogens with zero attached hydrogens (tertiary/aromatic N) is 2. The summed E-state index contributed by atoms with van der Waals surface area (Å²) in [4.78, 5) is 12.4. The van der Waals surface area contributed by atoms with Gasteiger partial charge in [-0.3, -0.25) is 4.90 Å². The van der Waals surface area contributed by atoms with Gasteiger partial charge in [0, 0.05) is 0 Å². The van der Waals surface area contributed by atoms with Gasteiger partial charge in [-0.25, -0.2) is 4.79 Å². The Kier molecular flexibility index (Phi) is 2.87. The molecule has 1 heterocycles. The van der Waals surface area contributed by atoms with Gasteiger partial charge in [-0.05, 0) is 18.2 Å². The van der Waals surface area contributed by atoms with E-state index in [-0.39, 0.29) is 24.4 Å². The van der Waals surface area contributed by atoms with Crippen LogP contribution < -0.4 is 4.90 Å². The van der Waals surface area contributed by atoms with Crippen LogP contribution in [-0.4, -0.2) is 19.2 Å². The standard InChI is InChI=1S/C11H7F3N2O2/c12-11(13,14)8-1-2-9(7(5-8)6-15)16-3-4-18-10(16)17/h1-2,5H,3-4H2. The second-order valence-electron chi connectivity index (χ2n) is 3.61. The average Bonchev–Trinajstić information content (AvgIpc) is 2.73. The maximum absolute atomic E-state index is 12.5. The lowest BCUT2D eigenvalue weighted by Gasteiger charge is -2.15. The normalized spacial score (nSPS) is 15.4. The van der Waals surface area contributed by atoms with Crippen molar-refractivity contribution < 1.29 is 22.7 Å². The molecule has 4 nitrogen and oxygen atoms in total. The van der Waals surface area contributed by atoms with Crippen molar-refractivity contribution in [2.75, 3.05) is 18.1 Å². The maximum Gasteiger partial charge on any atom is 0.416 e. The van der Waals surface area contributed by atoms with Gasteiger partial charge in [-0.1, -0.05) is 0 Å². The molecule has 2 rings (SSSR count). The Morgan fingerprint density at radius 2 is 2.11 bits per heavy atom. The molecule has 0 atom stereocenters. The number of benzene rings is 1. The van der Waals surface area contributed by atoms with Gasteiger partial charge in [0.2, 0.25) is 0 Å². The number of alkyl halides is 3. The van der Waals surface area contributed by atoms with Crippen molar-refractivity contribution in [3.8, 4) is 6.07 Å². The molecule has 1 aliphatic heterocycles. The molecule has 1 amide bonds. The summed E-state index contributed by atoms with van der Waals surface area (Å²) in [5.74, 6) is 0. The Morgan fingerprint density at radius 1 is 1.39 bits per heavy atom. The predicted molar refractivity (Wildman–Crippen MR) is 54.9 cm³/mol. The molecule has 1 aliphatic rings. The number of ether oxygens (including phenoxy) is 1. The fourth-order valence-electron chi connectivity index (χ4n) is 1.65. The van der Waals surface area contributed by atoms with Crippen molar-refractivity contribution in [2.45, 2.75) is 6.18 Å². The molecule has 94 valence electrons. The Hall–Kier alpha value is -2.23. The third-order valence-electron chi connectivity index (χ3n) is 2.50. The van der Waals surface area contributed by atoms with Gasteiger partial charge >= 0.3 is 12.3 Å². The minimum atomic E-state index is -4.52. The van der Waals surface area contributed by atoms with E-state index < -0.39 is 17.8 Å². The van der Waals surface area contributed by atoms with Crippen LogP contribution in [0.2, 0.25) is 0 Å². The molecule has 18 heavy (non-hydrogen) atoms. The Morgan fingerprint density at radius 3 is 2.61 bits per heavy atom. The number of rotatable bonds is 1. The highest BCUT2D eigenvalue weighted by atomic mass is 19.4. The van der Waals surface area contributed by atoms with Crippen LogP contribution in [0.5, 0.6) is 0 Å². The molecule has 1 fully saturated rings. The van der Waals surface area contributed by atoms with Gasteiger partial charge in [-0.15, -0.1) is 0 Å².